The van der Waals surface area contributed by atoms with Crippen LogP contribution in [0.3, 0.4) is 0 Å². The highest BCUT2D eigenvalue weighted by Crippen LogP contribution is 2.22. The number of hydrogen-bond acceptors (Lipinski definition) is 5. The van der Waals surface area contributed by atoms with E-state index in [4.69, 9.17) is 4.74 Å². The number of rotatable bonds is 4. The van der Waals surface area contributed by atoms with Crippen molar-refractivity contribution >= 4 is 21.7 Å². The zero-order valence-electron chi connectivity index (χ0n) is 15.5. The third kappa shape index (κ3) is 4.52. The van der Waals surface area contributed by atoms with E-state index in [-0.39, 0.29) is 35.8 Å². The van der Waals surface area contributed by atoms with Crippen molar-refractivity contribution in [2.75, 3.05) is 18.4 Å². The summed E-state index contributed by atoms with van der Waals surface area (Å²) in [5, 5.41) is 2.69. The molecule has 0 unspecified atom stereocenters. The fraction of sp³-hybridized carbons (Fsp3) is 0.368. The Morgan fingerprint density at radius 2 is 1.81 bits per heavy atom. The van der Waals surface area contributed by atoms with Crippen molar-refractivity contribution in [2.24, 2.45) is 0 Å². The van der Waals surface area contributed by atoms with Crippen molar-refractivity contribution in [1.82, 2.24) is 9.29 Å². The number of aromatic nitrogens is 1. The molecule has 1 aromatic heterocycles. The molecule has 0 spiro atoms. The van der Waals surface area contributed by atoms with Gasteiger partial charge in [0.05, 0.1) is 17.1 Å². The third-order valence-corrected chi connectivity index (χ3v) is 6.08. The minimum absolute atomic E-state index is 0.0913. The number of pyridine rings is 1. The van der Waals surface area contributed by atoms with Gasteiger partial charge in [-0.25, -0.2) is 13.4 Å². The van der Waals surface area contributed by atoms with Crippen LogP contribution in [-0.2, 0) is 14.8 Å². The Kier molecular flexibility index (Phi) is 5.59. The second-order valence-corrected chi connectivity index (χ2v) is 8.66. The molecule has 1 saturated heterocycles. The molecular weight excluding hydrogens is 366 g/mol. The molecule has 2 aromatic rings. The van der Waals surface area contributed by atoms with Gasteiger partial charge < -0.3 is 10.1 Å². The van der Waals surface area contributed by atoms with E-state index in [0.29, 0.717) is 5.82 Å². The lowest BCUT2D eigenvalue weighted by Gasteiger charge is -2.34. The number of sulfonamides is 1. The van der Waals surface area contributed by atoms with Crippen LogP contribution < -0.4 is 5.32 Å². The molecular formula is C19H23N3O4S. The van der Waals surface area contributed by atoms with Crippen LogP contribution in [0.15, 0.2) is 47.4 Å². The van der Waals surface area contributed by atoms with Gasteiger partial charge in [0.1, 0.15) is 5.82 Å². The first-order chi connectivity index (χ1) is 12.8. The minimum atomic E-state index is -3.71. The van der Waals surface area contributed by atoms with Crippen molar-refractivity contribution < 1.29 is 17.9 Å². The van der Waals surface area contributed by atoms with E-state index in [9.17, 15) is 13.2 Å². The van der Waals surface area contributed by atoms with Crippen LogP contribution in [0.1, 0.15) is 29.9 Å². The Balaban J connectivity index is 1.83. The van der Waals surface area contributed by atoms with Crippen LogP contribution in [0, 0.1) is 6.92 Å². The van der Waals surface area contributed by atoms with Crippen LogP contribution in [0.25, 0.3) is 0 Å². The molecule has 0 aliphatic carbocycles. The number of nitrogens with one attached hydrogen (secondary N) is 1. The molecule has 3 rings (SSSR count). The van der Waals surface area contributed by atoms with E-state index in [0.717, 1.165) is 5.69 Å². The second-order valence-electron chi connectivity index (χ2n) is 6.73. The van der Waals surface area contributed by atoms with Crippen molar-refractivity contribution in [3.63, 3.8) is 0 Å². The second kappa shape index (κ2) is 7.75. The van der Waals surface area contributed by atoms with E-state index in [1.54, 1.807) is 24.3 Å². The fourth-order valence-electron chi connectivity index (χ4n) is 3.07. The van der Waals surface area contributed by atoms with Crippen LogP contribution in [0.4, 0.5) is 5.82 Å². The molecule has 27 heavy (non-hydrogen) atoms. The van der Waals surface area contributed by atoms with Gasteiger partial charge in [0.25, 0.3) is 5.91 Å². The number of amides is 1. The summed E-state index contributed by atoms with van der Waals surface area (Å²) in [6.45, 7) is 6.09. The summed E-state index contributed by atoms with van der Waals surface area (Å²) >= 11 is 0. The lowest BCUT2D eigenvalue weighted by atomic mass is 10.2. The van der Waals surface area contributed by atoms with Gasteiger partial charge in [-0.1, -0.05) is 12.1 Å². The molecule has 1 aliphatic heterocycles. The number of carbonyl (C=O) groups excluding carboxylic acids is 1. The average molecular weight is 389 g/mol. The molecule has 2 heterocycles. The standard InChI is InChI=1S/C19H23N3O4S/c1-13-6-4-9-18(20-13)21-19(23)16-7-5-8-17(10-16)27(24,25)22-11-14(2)26-15(3)12-22/h4-10,14-15H,11-12H2,1-3H3,(H,20,21,23)/t14-,15+. The van der Waals surface area contributed by atoms with Gasteiger partial charge in [-0.15, -0.1) is 0 Å². The fourth-order valence-corrected chi connectivity index (χ4v) is 4.71. The Bertz CT molecular complexity index is 935. The zero-order chi connectivity index (χ0) is 19.6. The first-order valence-electron chi connectivity index (χ1n) is 8.76. The zero-order valence-corrected chi connectivity index (χ0v) is 16.4. The number of benzene rings is 1. The first kappa shape index (κ1) is 19.5. The maximum absolute atomic E-state index is 13.0. The van der Waals surface area contributed by atoms with E-state index in [1.807, 2.05) is 26.8 Å². The number of carbonyl (C=O) groups is 1. The highest BCUT2D eigenvalue weighted by Gasteiger charge is 2.32. The van der Waals surface area contributed by atoms with Gasteiger partial charge in [0, 0.05) is 24.3 Å². The largest absolute Gasteiger partial charge is 0.373 e. The number of nitrogens with zero attached hydrogens (tertiary/aromatic N) is 2. The predicted octanol–water partition coefficient (Wildman–Crippen LogP) is 2.44. The number of aryl methyl sites for hydroxylation is 1. The SMILES string of the molecule is Cc1cccc(NC(=O)c2cccc(S(=O)(=O)N3C[C@@H](C)O[C@@H](C)C3)c2)n1. The summed E-state index contributed by atoms with van der Waals surface area (Å²) in [5.74, 6) is 0.0120. The van der Waals surface area contributed by atoms with Gasteiger partial charge in [0.2, 0.25) is 10.0 Å². The molecule has 1 amide bonds. The molecule has 0 bridgehead atoms. The summed E-state index contributed by atoms with van der Waals surface area (Å²) in [5.41, 5.74) is 1.04. The van der Waals surface area contributed by atoms with Crippen LogP contribution in [0.5, 0.6) is 0 Å². The summed E-state index contributed by atoms with van der Waals surface area (Å²) in [4.78, 5) is 16.8. The van der Waals surface area contributed by atoms with Gasteiger partial charge in [-0.2, -0.15) is 4.31 Å². The number of anilines is 1. The monoisotopic (exact) mass is 389 g/mol. The predicted molar refractivity (Wildman–Crippen MR) is 102 cm³/mol. The third-order valence-electron chi connectivity index (χ3n) is 4.25. The molecule has 7 nitrogen and oxygen atoms in total. The maximum atomic E-state index is 13.0. The van der Waals surface area contributed by atoms with Crippen molar-refractivity contribution in [3.8, 4) is 0 Å². The lowest BCUT2D eigenvalue weighted by Crippen LogP contribution is -2.48. The van der Waals surface area contributed by atoms with Crippen molar-refractivity contribution in [1.29, 1.82) is 0 Å². The highest BCUT2D eigenvalue weighted by molar-refractivity contribution is 7.89. The Labute approximate surface area is 159 Å². The normalized spacial score (nSPS) is 21.0. The van der Waals surface area contributed by atoms with Gasteiger partial charge in [-0.05, 0) is 51.1 Å². The first-order valence-corrected chi connectivity index (χ1v) is 10.2. The van der Waals surface area contributed by atoms with Gasteiger partial charge >= 0.3 is 0 Å². The Morgan fingerprint density at radius 1 is 1.15 bits per heavy atom. The summed E-state index contributed by atoms with van der Waals surface area (Å²) in [7, 11) is -3.71. The molecule has 1 aromatic carbocycles. The van der Waals surface area contributed by atoms with Gasteiger partial charge in [0.15, 0.2) is 0 Å². The average Bonchev–Trinajstić information content (AvgIpc) is 2.61. The van der Waals surface area contributed by atoms with Crippen LogP contribution in [-0.4, -0.2) is 48.9 Å². The molecule has 8 heteroatoms. The van der Waals surface area contributed by atoms with E-state index >= 15 is 0 Å². The van der Waals surface area contributed by atoms with Crippen molar-refractivity contribution in [3.05, 3.63) is 53.7 Å². The van der Waals surface area contributed by atoms with Gasteiger partial charge in [-0.3, -0.25) is 4.79 Å². The summed E-state index contributed by atoms with van der Waals surface area (Å²) in [6, 6.07) is 11.3. The van der Waals surface area contributed by atoms with Crippen LogP contribution in [0.2, 0.25) is 0 Å². The van der Waals surface area contributed by atoms with E-state index in [2.05, 4.69) is 10.3 Å². The minimum Gasteiger partial charge on any atom is -0.373 e. The molecule has 1 N–H and O–H groups in total. The molecule has 144 valence electrons. The lowest BCUT2D eigenvalue weighted by molar-refractivity contribution is -0.0440. The maximum Gasteiger partial charge on any atom is 0.256 e. The molecule has 0 saturated carbocycles. The van der Waals surface area contributed by atoms with E-state index in [1.165, 1.54) is 16.4 Å². The smallest absolute Gasteiger partial charge is 0.256 e. The molecule has 1 fully saturated rings. The summed E-state index contributed by atoms with van der Waals surface area (Å²) in [6.07, 6.45) is -0.357. The van der Waals surface area contributed by atoms with Crippen LogP contribution >= 0.6 is 0 Å². The Hall–Kier alpha value is -2.29. The molecule has 2 atom stereocenters. The van der Waals surface area contributed by atoms with Crippen molar-refractivity contribution in [2.45, 2.75) is 37.9 Å². The highest BCUT2D eigenvalue weighted by atomic mass is 32.2. The Morgan fingerprint density at radius 3 is 2.48 bits per heavy atom. The quantitative estimate of drug-likeness (QED) is 0.868. The van der Waals surface area contributed by atoms with E-state index < -0.39 is 15.9 Å². The summed E-state index contributed by atoms with van der Waals surface area (Å²) < 4.78 is 33.0. The topological polar surface area (TPSA) is 88.6 Å². The molecule has 0 radical (unpaired) electrons. The number of ether oxygens (including phenoxy) is 1. The number of morpholine rings is 1. The molecule has 1 aliphatic rings. The number of hydrogen-bond donors (Lipinski definition) is 1.